The molecule has 0 aliphatic heterocycles. The van der Waals surface area contributed by atoms with Gasteiger partial charge >= 0.3 is 11.9 Å². The van der Waals surface area contributed by atoms with Crippen LogP contribution in [0, 0.1) is 35.5 Å². The third-order valence-corrected chi connectivity index (χ3v) is 4.31. The lowest BCUT2D eigenvalue weighted by Crippen LogP contribution is -2.04. The molecule has 4 nitrogen and oxygen atoms in total. The smallest absolute Gasteiger partial charge is 0.307 e. The van der Waals surface area contributed by atoms with Gasteiger partial charge in [-0.05, 0) is 36.5 Å². The topological polar surface area (TPSA) is 74.6 Å². The number of carboxylic acid groups (broad SMARTS) is 2. The van der Waals surface area contributed by atoms with Gasteiger partial charge in [-0.1, -0.05) is 0 Å². The predicted octanol–water partition coefficient (Wildman–Crippen LogP) is 0.674. The van der Waals surface area contributed by atoms with Crippen molar-refractivity contribution in [2.45, 2.75) is 12.8 Å². The maximum absolute atomic E-state index is 10.8. The lowest BCUT2D eigenvalue weighted by Gasteiger charge is -2.03. The van der Waals surface area contributed by atoms with E-state index in [1.165, 1.54) is 0 Å². The Morgan fingerprint density at radius 1 is 0.857 bits per heavy atom. The molecule has 0 unspecified atom stereocenters. The molecule has 14 heavy (non-hydrogen) atoms. The Bertz CT molecular complexity index is 292. The highest BCUT2D eigenvalue weighted by atomic mass is 16.4. The van der Waals surface area contributed by atoms with Crippen molar-refractivity contribution in [2.24, 2.45) is 35.5 Å². The van der Waals surface area contributed by atoms with Gasteiger partial charge in [0.1, 0.15) is 0 Å². The van der Waals surface area contributed by atoms with Crippen LogP contribution < -0.4 is 0 Å². The molecule has 6 atom stereocenters. The summed E-state index contributed by atoms with van der Waals surface area (Å²) in [6.07, 6.45) is 1.85. The van der Waals surface area contributed by atoms with Gasteiger partial charge in [0.2, 0.25) is 0 Å². The Balaban J connectivity index is 1.78. The molecule has 0 heterocycles. The number of aliphatic carboxylic acids is 2. The van der Waals surface area contributed by atoms with Crippen molar-refractivity contribution in [2.75, 3.05) is 0 Å². The number of hydrogen-bond donors (Lipinski definition) is 2. The quantitative estimate of drug-likeness (QED) is 0.680. The summed E-state index contributed by atoms with van der Waals surface area (Å²) >= 11 is 0. The second-order valence-electron chi connectivity index (χ2n) is 4.79. The molecule has 0 saturated heterocycles. The summed E-state index contributed by atoms with van der Waals surface area (Å²) in [5, 5.41) is 17.8. The van der Waals surface area contributed by atoms with Gasteiger partial charge in [-0.25, -0.2) is 0 Å². The third kappa shape index (κ3) is 0.837. The van der Waals surface area contributed by atoms with Gasteiger partial charge < -0.3 is 10.2 Å². The molecule has 0 aromatic heterocycles. The normalized spacial score (nSPS) is 52.9. The molecule has 3 rings (SSSR count). The fourth-order valence-electron chi connectivity index (χ4n) is 3.68. The first-order valence-electron chi connectivity index (χ1n) is 5.08. The lowest BCUT2D eigenvalue weighted by atomic mass is 10.0. The van der Waals surface area contributed by atoms with Crippen molar-refractivity contribution in [3.8, 4) is 0 Å². The van der Waals surface area contributed by atoms with E-state index in [2.05, 4.69) is 0 Å². The van der Waals surface area contributed by atoms with Crippen molar-refractivity contribution in [1.29, 1.82) is 0 Å². The van der Waals surface area contributed by atoms with Crippen molar-refractivity contribution in [3.05, 3.63) is 0 Å². The van der Waals surface area contributed by atoms with E-state index in [1.54, 1.807) is 0 Å². The van der Waals surface area contributed by atoms with Crippen LogP contribution in [0.15, 0.2) is 0 Å². The monoisotopic (exact) mass is 196 g/mol. The first-order valence-corrected chi connectivity index (χ1v) is 5.08. The molecule has 3 saturated carbocycles. The van der Waals surface area contributed by atoms with Crippen molar-refractivity contribution in [3.63, 3.8) is 0 Å². The molecule has 3 aliphatic rings. The Morgan fingerprint density at radius 2 is 1.21 bits per heavy atom. The van der Waals surface area contributed by atoms with E-state index in [0.717, 1.165) is 12.8 Å². The van der Waals surface area contributed by atoms with E-state index in [9.17, 15) is 9.59 Å². The SMILES string of the molecule is O=C(O)[C@@H]1[C@H]2CC[C@H]3[C@H](C(=O)O)[C@@H]3[C@@H]21. The van der Waals surface area contributed by atoms with Crippen LogP contribution in [0.5, 0.6) is 0 Å². The van der Waals surface area contributed by atoms with E-state index < -0.39 is 11.9 Å². The first kappa shape index (κ1) is 8.26. The molecule has 76 valence electrons. The maximum atomic E-state index is 10.8. The highest BCUT2D eigenvalue weighted by Gasteiger charge is 2.72. The minimum Gasteiger partial charge on any atom is -0.481 e. The van der Waals surface area contributed by atoms with E-state index >= 15 is 0 Å². The molecule has 0 amide bonds. The average Bonchev–Trinajstić information content (AvgIpc) is 2.95. The minimum atomic E-state index is -0.725. The van der Waals surface area contributed by atoms with E-state index in [-0.39, 0.29) is 35.5 Å². The summed E-state index contributed by atoms with van der Waals surface area (Å²) in [7, 11) is 0. The zero-order chi connectivity index (χ0) is 10.0. The zero-order valence-electron chi connectivity index (χ0n) is 7.59. The van der Waals surface area contributed by atoms with Crippen LogP contribution in [0.3, 0.4) is 0 Å². The zero-order valence-corrected chi connectivity index (χ0v) is 7.59. The predicted molar refractivity (Wildman–Crippen MR) is 45.4 cm³/mol. The van der Waals surface area contributed by atoms with Gasteiger partial charge in [0.05, 0.1) is 11.8 Å². The Hall–Kier alpha value is -1.06. The lowest BCUT2D eigenvalue weighted by molar-refractivity contribution is -0.141. The molecule has 2 N–H and O–H groups in total. The van der Waals surface area contributed by atoms with Gasteiger partial charge in [-0.3, -0.25) is 9.59 Å². The molecule has 3 aliphatic carbocycles. The first-order chi connectivity index (χ1) is 6.63. The van der Waals surface area contributed by atoms with Gasteiger partial charge in [0, 0.05) is 0 Å². The summed E-state index contributed by atoms with van der Waals surface area (Å²) in [5.74, 6) is -0.951. The molecule has 3 fully saturated rings. The van der Waals surface area contributed by atoms with E-state index in [0.29, 0.717) is 0 Å². The van der Waals surface area contributed by atoms with Crippen LogP contribution >= 0.6 is 0 Å². The summed E-state index contributed by atoms with van der Waals surface area (Å²) in [5.41, 5.74) is 0. The number of rotatable bonds is 2. The second-order valence-corrected chi connectivity index (χ2v) is 4.79. The van der Waals surface area contributed by atoms with Crippen LogP contribution in [0.4, 0.5) is 0 Å². The maximum Gasteiger partial charge on any atom is 0.307 e. The van der Waals surface area contributed by atoms with Crippen LogP contribution in [-0.4, -0.2) is 22.2 Å². The fraction of sp³-hybridized carbons (Fsp3) is 0.800. The molecule has 0 spiro atoms. The van der Waals surface area contributed by atoms with Gasteiger partial charge in [-0.2, -0.15) is 0 Å². The van der Waals surface area contributed by atoms with Crippen molar-refractivity contribution in [1.82, 2.24) is 0 Å². The molecule has 0 radical (unpaired) electrons. The van der Waals surface area contributed by atoms with E-state index in [1.807, 2.05) is 0 Å². The summed E-state index contributed by atoms with van der Waals surface area (Å²) in [6.45, 7) is 0. The molecule has 0 bridgehead atoms. The molecule has 4 heteroatoms. The molecule has 0 aromatic rings. The van der Waals surface area contributed by atoms with Crippen molar-refractivity contribution >= 4 is 11.9 Å². The average molecular weight is 196 g/mol. The van der Waals surface area contributed by atoms with Crippen LogP contribution in [0.25, 0.3) is 0 Å². The minimum absolute atomic E-state index is 0.187. The molecular weight excluding hydrogens is 184 g/mol. The van der Waals surface area contributed by atoms with Gasteiger partial charge in [0.25, 0.3) is 0 Å². The highest BCUT2D eigenvalue weighted by Crippen LogP contribution is 2.71. The number of hydrogen-bond acceptors (Lipinski definition) is 2. The van der Waals surface area contributed by atoms with Gasteiger partial charge in [0.15, 0.2) is 0 Å². The Morgan fingerprint density at radius 3 is 1.50 bits per heavy atom. The number of fused-ring (bicyclic) bond motifs is 3. The molecule has 0 aromatic carbocycles. The Kier molecular flexibility index (Phi) is 1.36. The third-order valence-electron chi connectivity index (χ3n) is 4.31. The van der Waals surface area contributed by atoms with Crippen molar-refractivity contribution < 1.29 is 19.8 Å². The number of carboxylic acids is 2. The van der Waals surface area contributed by atoms with Crippen LogP contribution in [0.2, 0.25) is 0 Å². The number of carbonyl (C=O) groups is 2. The largest absolute Gasteiger partial charge is 0.481 e. The summed E-state index contributed by atoms with van der Waals surface area (Å²) in [4.78, 5) is 21.6. The summed E-state index contributed by atoms with van der Waals surface area (Å²) in [6, 6.07) is 0. The van der Waals surface area contributed by atoms with E-state index in [4.69, 9.17) is 10.2 Å². The standard InChI is InChI=1S/C10H12O4/c11-9(12)7-3-1-2-4-6(5(3)7)8(4)10(13)14/h3-8H,1-2H2,(H,11,12)(H,13,14)/t3-,4+,5+,6-,7+,8-. The summed E-state index contributed by atoms with van der Waals surface area (Å²) < 4.78 is 0. The Labute approximate surface area is 80.9 Å². The van der Waals surface area contributed by atoms with Crippen LogP contribution in [0.1, 0.15) is 12.8 Å². The second kappa shape index (κ2) is 2.30. The molecular formula is C10H12O4. The fourth-order valence-corrected chi connectivity index (χ4v) is 3.68. The van der Waals surface area contributed by atoms with Crippen LogP contribution in [-0.2, 0) is 9.59 Å². The highest BCUT2D eigenvalue weighted by molar-refractivity contribution is 5.78. The van der Waals surface area contributed by atoms with Gasteiger partial charge in [-0.15, -0.1) is 0 Å².